The second-order valence-corrected chi connectivity index (χ2v) is 3.89. The Balaban J connectivity index is 1.95. The summed E-state index contributed by atoms with van der Waals surface area (Å²) in [6, 6.07) is 5.36. The number of imide groups is 1. The maximum Gasteiger partial charge on any atom is 0.343 e. The van der Waals surface area contributed by atoms with Gasteiger partial charge in [-0.15, -0.1) is 0 Å². The van der Waals surface area contributed by atoms with Crippen LogP contribution in [-0.2, 0) is 4.79 Å². The third-order valence-electron chi connectivity index (χ3n) is 2.15. The summed E-state index contributed by atoms with van der Waals surface area (Å²) in [7, 11) is 0. The maximum atomic E-state index is 13.3. The topological polar surface area (TPSA) is 73.5 Å². The van der Waals surface area contributed by atoms with E-state index in [1.807, 2.05) is 0 Å². The van der Waals surface area contributed by atoms with Crippen LogP contribution in [0.25, 0.3) is 0 Å². The van der Waals surface area contributed by atoms with Crippen LogP contribution in [0.1, 0.15) is 0 Å². The number of hydrogen-bond acceptors (Lipinski definition) is 3. The number of thiocarbonyl (C=S) groups is 1. The smallest absolute Gasteiger partial charge is 0.329 e. The third-order valence-corrected chi connectivity index (χ3v) is 2.35. The Morgan fingerprint density at radius 2 is 2.11 bits per heavy atom. The highest BCUT2D eigenvalue weighted by atomic mass is 32.1. The summed E-state index contributed by atoms with van der Waals surface area (Å²) in [5.41, 5.74) is 2.67. The van der Waals surface area contributed by atoms with Crippen molar-refractivity contribution in [2.45, 2.75) is 0 Å². The Labute approximate surface area is 107 Å². The minimum absolute atomic E-state index is 0.0185. The number of halogens is 1. The number of carbonyl (C=O) groups is 2. The zero-order chi connectivity index (χ0) is 13.1. The molecule has 0 saturated carbocycles. The monoisotopic (exact) mass is 268 g/mol. The molecule has 1 fully saturated rings. The molecular weight excluding hydrogens is 259 g/mol. The highest BCUT2D eigenvalue weighted by Crippen LogP contribution is 2.12. The van der Waals surface area contributed by atoms with Crippen LogP contribution in [0.5, 0.6) is 0 Å². The number of para-hydroxylation sites is 1. The number of carbonyl (C=O) groups excluding carboxylic acids is 2. The zero-order valence-corrected chi connectivity index (χ0v) is 9.88. The van der Waals surface area contributed by atoms with Crippen LogP contribution >= 0.6 is 12.2 Å². The van der Waals surface area contributed by atoms with E-state index in [1.165, 1.54) is 12.1 Å². The summed E-state index contributed by atoms with van der Waals surface area (Å²) in [6.45, 7) is -0.141. The summed E-state index contributed by atoms with van der Waals surface area (Å²) >= 11 is 4.90. The average Bonchev–Trinajstić information content (AvgIpc) is 2.61. The molecule has 2 rings (SSSR count). The van der Waals surface area contributed by atoms with E-state index in [0.717, 1.165) is 5.01 Å². The number of nitrogens with zero attached hydrogens (tertiary/aromatic N) is 1. The minimum atomic E-state index is -0.599. The van der Waals surface area contributed by atoms with E-state index in [-0.39, 0.29) is 17.3 Å². The second kappa shape index (κ2) is 4.96. The van der Waals surface area contributed by atoms with Crippen LogP contribution in [0.15, 0.2) is 24.3 Å². The molecule has 8 heteroatoms. The van der Waals surface area contributed by atoms with Crippen LogP contribution < -0.4 is 16.1 Å². The number of hydrazine groups is 1. The molecule has 0 bridgehead atoms. The number of rotatable bonds is 2. The van der Waals surface area contributed by atoms with E-state index in [4.69, 9.17) is 12.2 Å². The molecular formula is C10H9FN4O2S. The molecule has 1 heterocycles. The standard InChI is InChI=1S/C10H9FN4O2S/c11-6-3-1-2-4-7(6)12-9(18)14-15-5-8(16)13-10(15)17/h1-4H,5H2,(H2,12,14,18)(H,13,16,17). The lowest BCUT2D eigenvalue weighted by molar-refractivity contribution is -0.118. The average molecular weight is 268 g/mol. The summed E-state index contributed by atoms with van der Waals surface area (Å²) in [5, 5.41) is 5.67. The van der Waals surface area contributed by atoms with Gasteiger partial charge in [-0.25, -0.2) is 14.2 Å². The molecule has 0 aliphatic carbocycles. The fourth-order valence-corrected chi connectivity index (χ4v) is 1.59. The van der Waals surface area contributed by atoms with Gasteiger partial charge in [-0.1, -0.05) is 12.1 Å². The van der Waals surface area contributed by atoms with Gasteiger partial charge in [0.05, 0.1) is 5.69 Å². The van der Waals surface area contributed by atoms with Crippen molar-refractivity contribution in [3.05, 3.63) is 30.1 Å². The number of hydrogen-bond donors (Lipinski definition) is 3. The van der Waals surface area contributed by atoms with Crippen LogP contribution in [0.4, 0.5) is 14.9 Å². The molecule has 0 atom stereocenters. The second-order valence-electron chi connectivity index (χ2n) is 3.49. The van der Waals surface area contributed by atoms with E-state index in [9.17, 15) is 14.0 Å². The zero-order valence-electron chi connectivity index (χ0n) is 9.07. The van der Waals surface area contributed by atoms with E-state index in [0.29, 0.717) is 0 Å². The first-order chi connectivity index (χ1) is 8.56. The van der Waals surface area contributed by atoms with Gasteiger partial charge in [0.25, 0.3) is 0 Å². The Morgan fingerprint density at radius 3 is 2.72 bits per heavy atom. The van der Waals surface area contributed by atoms with Gasteiger partial charge in [0.1, 0.15) is 12.4 Å². The molecule has 94 valence electrons. The van der Waals surface area contributed by atoms with Crippen molar-refractivity contribution in [3.63, 3.8) is 0 Å². The first kappa shape index (κ1) is 12.2. The Bertz CT molecular complexity index is 522. The van der Waals surface area contributed by atoms with E-state index >= 15 is 0 Å². The van der Waals surface area contributed by atoms with Gasteiger partial charge < -0.3 is 5.32 Å². The summed E-state index contributed by atoms with van der Waals surface area (Å²) in [5.74, 6) is -0.898. The molecule has 1 aromatic carbocycles. The Hall–Kier alpha value is -2.22. The quantitative estimate of drug-likeness (QED) is 0.540. The lowest BCUT2D eigenvalue weighted by atomic mass is 10.3. The van der Waals surface area contributed by atoms with Crippen LogP contribution in [0, 0.1) is 5.82 Å². The van der Waals surface area contributed by atoms with Crippen molar-refractivity contribution < 1.29 is 14.0 Å². The van der Waals surface area contributed by atoms with E-state index < -0.39 is 17.8 Å². The number of nitrogens with one attached hydrogen (secondary N) is 3. The highest BCUT2D eigenvalue weighted by molar-refractivity contribution is 7.80. The molecule has 0 aromatic heterocycles. The number of anilines is 1. The van der Waals surface area contributed by atoms with Crippen molar-refractivity contribution >= 4 is 35.0 Å². The Kier molecular flexibility index (Phi) is 3.38. The first-order valence-corrected chi connectivity index (χ1v) is 5.40. The normalized spacial score (nSPS) is 14.4. The summed E-state index contributed by atoms with van der Waals surface area (Å²) in [6.07, 6.45) is 0. The third kappa shape index (κ3) is 2.72. The van der Waals surface area contributed by atoms with Gasteiger partial charge in [0, 0.05) is 0 Å². The van der Waals surface area contributed by atoms with Crippen molar-refractivity contribution in [1.82, 2.24) is 15.8 Å². The lowest BCUT2D eigenvalue weighted by Gasteiger charge is -2.17. The van der Waals surface area contributed by atoms with Gasteiger partial charge in [0.15, 0.2) is 5.11 Å². The molecule has 1 aliphatic heterocycles. The molecule has 1 aromatic rings. The van der Waals surface area contributed by atoms with Crippen molar-refractivity contribution in [3.8, 4) is 0 Å². The van der Waals surface area contributed by atoms with Gasteiger partial charge in [-0.3, -0.25) is 15.5 Å². The molecule has 0 spiro atoms. The van der Waals surface area contributed by atoms with Gasteiger partial charge in [-0.05, 0) is 24.4 Å². The number of benzene rings is 1. The summed E-state index contributed by atoms with van der Waals surface area (Å²) in [4.78, 5) is 22.1. The first-order valence-electron chi connectivity index (χ1n) is 5.00. The van der Waals surface area contributed by atoms with Gasteiger partial charge in [0.2, 0.25) is 5.91 Å². The van der Waals surface area contributed by atoms with Crippen LogP contribution in [0.2, 0.25) is 0 Å². The SMILES string of the molecule is O=C1CN(NC(=S)Nc2ccccc2F)C(=O)N1. The fourth-order valence-electron chi connectivity index (χ4n) is 1.37. The number of amides is 3. The van der Waals surface area contributed by atoms with Crippen LogP contribution in [-0.4, -0.2) is 28.6 Å². The van der Waals surface area contributed by atoms with Crippen molar-refractivity contribution in [2.75, 3.05) is 11.9 Å². The molecule has 3 N–H and O–H groups in total. The molecule has 18 heavy (non-hydrogen) atoms. The largest absolute Gasteiger partial charge is 0.343 e. The molecule has 0 unspecified atom stereocenters. The molecule has 6 nitrogen and oxygen atoms in total. The molecule has 1 saturated heterocycles. The molecule has 3 amide bonds. The lowest BCUT2D eigenvalue weighted by Crippen LogP contribution is -2.46. The Morgan fingerprint density at radius 1 is 1.39 bits per heavy atom. The van der Waals surface area contributed by atoms with Gasteiger partial charge >= 0.3 is 6.03 Å². The van der Waals surface area contributed by atoms with Crippen molar-refractivity contribution in [2.24, 2.45) is 0 Å². The fraction of sp³-hybridized carbons (Fsp3) is 0.100. The van der Waals surface area contributed by atoms with Gasteiger partial charge in [-0.2, -0.15) is 0 Å². The predicted molar refractivity (Wildman–Crippen MR) is 66.0 cm³/mol. The summed E-state index contributed by atoms with van der Waals surface area (Å²) < 4.78 is 13.3. The maximum absolute atomic E-state index is 13.3. The van der Waals surface area contributed by atoms with E-state index in [2.05, 4.69) is 16.1 Å². The predicted octanol–water partition coefficient (Wildman–Crippen LogP) is 0.579. The van der Waals surface area contributed by atoms with E-state index in [1.54, 1.807) is 12.1 Å². The van der Waals surface area contributed by atoms with Crippen molar-refractivity contribution in [1.29, 1.82) is 0 Å². The van der Waals surface area contributed by atoms with Crippen LogP contribution in [0.3, 0.4) is 0 Å². The minimum Gasteiger partial charge on any atom is -0.329 e. The highest BCUT2D eigenvalue weighted by Gasteiger charge is 2.27. The molecule has 1 aliphatic rings. The molecule has 0 radical (unpaired) electrons. The number of urea groups is 1.